The summed E-state index contributed by atoms with van der Waals surface area (Å²) in [6.07, 6.45) is -1.21. The van der Waals surface area contributed by atoms with Crippen LogP contribution in [0.5, 0.6) is 0 Å². The third-order valence-electron chi connectivity index (χ3n) is 4.55. The van der Waals surface area contributed by atoms with E-state index in [1.165, 1.54) is 6.07 Å². The van der Waals surface area contributed by atoms with Crippen molar-refractivity contribution in [2.45, 2.75) is 45.6 Å². The van der Waals surface area contributed by atoms with E-state index in [9.17, 15) is 22.8 Å². The van der Waals surface area contributed by atoms with Crippen LogP contribution in [-0.4, -0.2) is 26.3 Å². The number of benzene rings is 1. The van der Waals surface area contributed by atoms with Crippen LogP contribution in [0.1, 0.15) is 24.6 Å². The van der Waals surface area contributed by atoms with Gasteiger partial charge in [-0.25, -0.2) is 0 Å². The van der Waals surface area contributed by atoms with Crippen molar-refractivity contribution in [2.75, 3.05) is 0 Å². The van der Waals surface area contributed by atoms with E-state index in [-0.39, 0.29) is 29.8 Å². The Morgan fingerprint density at radius 2 is 2.03 bits per heavy atom. The number of pyridine rings is 1. The van der Waals surface area contributed by atoms with Crippen LogP contribution in [0.2, 0.25) is 0 Å². The molecule has 0 radical (unpaired) electrons. The molecule has 3 rings (SSSR count). The Labute approximate surface area is 164 Å². The molecule has 0 aliphatic carbocycles. The van der Waals surface area contributed by atoms with Crippen molar-refractivity contribution < 1.29 is 18.0 Å². The predicted molar refractivity (Wildman–Crippen MR) is 102 cm³/mol. The van der Waals surface area contributed by atoms with Crippen LogP contribution in [0.4, 0.5) is 13.2 Å². The molecule has 0 bridgehead atoms. The predicted octanol–water partition coefficient (Wildman–Crippen LogP) is 3.12. The number of halogens is 3. The molecule has 3 aromatic rings. The molecule has 1 aromatic carbocycles. The number of hydrogen-bond donors (Lipinski definition) is 1. The van der Waals surface area contributed by atoms with Crippen molar-refractivity contribution in [1.82, 2.24) is 19.7 Å². The zero-order valence-electron chi connectivity index (χ0n) is 16.0. The van der Waals surface area contributed by atoms with Gasteiger partial charge < -0.3 is 9.88 Å². The van der Waals surface area contributed by atoms with E-state index in [1.54, 1.807) is 49.1 Å². The molecule has 0 fully saturated rings. The van der Waals surface area contributed by atoms with Crippen LogP contribution in [-0.2, 0) is 24.1 Å². The van der Waals surface area contributed by atoms with Crippen LogP contribution >= 0.6 is 0 Å². The molecule has 0 saturated heterocycles. The second-order valence-corrected chi connectivity index (χ2v) is 7.01. The van der Waals surface area contributed by atoms with Crippen LogP contribution in [0.15, 0.2) is 47.5 Å². The Bertz CT molecular complexity index is 1070. The Kier molecular flexibility index (Phi) is 5.76. The molecule has 9 heteroatoms. The van der Waals surface area contributed by atoms with Crippen molar-refractivity contribution in [2.24, 2.45) is 0 Å². The summed E-state index contributed by atoms with van der Waals surface area (Å²) < 4.78 is 43.4. The first kappa shape index (κ1) is 20.6. The standard InChI is InChI=1S/C20H21F3N4O2/c1-13-4-5-16-15(10-13)17(28)11-18(20(21,22)23)27(16)12-14(2)25-19(29)6-9-26-8-3-7-24-26/h3-5,7-8,10-11,14H,6,9,12H2,1-2H3,(H,25,29)/t14-/m1/s1. The number of carbonyl (C=O) groups is 1. The number of alkyl halides is 3. The molecular weight excluding hydrogens is 385 g/mol. The van der Waals surface area contributed by atoms with Gasteiger partial charge >= 0.3 is 6.18 Å². The van der Waals surface area contributed by atoms with Crippen molar-refractivity contribution in [1.29, 1.82) is 0 Å². The summed E-state index contributed by atoms with van der Waals surface area (Å²) in [5.74, 6) is -0.289. The third kappa shape index (κ3) is 4.85. The van der Waals surface area contributed by atoms with Crippen LogP contribution in [0.3, 0.4) is 0 Å². The minimum atomic E-state index is -4.69. The minimum absolute atomic E-state index is 0.123. The van der Waals surface area contributed by atoms with Gasteiger partial charge in [0.25, 0.3) is 0 Å². The maximum absolute atomic E-state index is 13.6. The number of aromatic nitrogens is 3. The third-order valence-corrected chi connectivity index (χ3v) is 4.55. The monoisotopic (exact) mass is 406 g/mol. The van der Waals surface area contributed by atoms with Crippen molar-refractivity contribution in [3.63, 3.8) is 0 Å². The fourth-order valence-corrected chi connectivity index (χ4v) is 3.24. The van der Waals surface area contributed by atoms with E-state index in [4.69, 9.17) is 0 Å². The number of fused-ring (bicyclic) bond motifs is 1. The Morgan fingerprint density at radius 1 is 1.28 bits per heavy atom. The van der Waals surface area contributed by atoms with E-state index >= 15 is 0 Å². The van der Waals surface area contributed by atoms with Gasteiger partial charge in [0.15, 0.2) is 5.43 Å². The normalized spacial score (nSPS) is 12.9. The number of amides is 1. The molecule has 0 aliphatic rings. The number of rotatable bonds is 6. The van der Waals surface area contributed by atoms with E-state index in [0.29, 0.717) is 12.6 Å². The number of carbonyl (C=O) groups excluding carboxylic acids is 1. The lowest BCUT2D eigenvalue weighted by molar-refractivity contribution is -0.143. The maximum atomic E-state index is 13.6. The Morgan fingerprint density at radius 3 is 2.69 bits per heavy atom. The summed E-state index contributed by atoms with van der Waals surface area (Å²) in [6, 6.07) is 6.52. The smallest absolute Gasteiger partial charge is 0.352 e. The molecule has 0 aliphatic heterocycles. The van der Waals surface area contributed by atoms with Gasteiger partial charge in [0.1, 0.15) is 5.69 Å². The van der Waals surface area contributed by atoms with E-state index in [1.807, 2.05) is 0 Å². The second-order valence-electron chi connectivity index (χ2n) is 7.01. The number of aryl methyl sites for hydroxylation is 2. The highest BCUT2D eigenvalue weighted by molar-refractivity contribution is 5.80. The van der Waals surface area contributed by atoms with Gasteiger partial charge in [0.05, 0.1) is 5.52 Å². The molecule has 1 atom stereocenters. The van der Waals surface area contributed by atoms with E-state index < -0.39 is 23.3 Å². The maximum Gasteiger partial charge on any atom is 0.431 e. The van der Waals surface area contributed by atoms with E-state index in [2.05, 4.69) is 10.4 Å². The molecule has 2 aromatic heterocycles. The fraction of sp³-hybridized carbons (Fsp3) is 0.350. The van der Waals surface area contributed by atoms with E-state index in [0.717, 1.165) is 10.1 Å². The summed E-state index contributed by atoms with van der Waals surface area (Å²) in [6.45, 7) is 3.65. The molecule has 2 heterocycles. The molecule has 0 saturated carbocycles. The van der Waals surface area contributed by atoms with Gasteiger partial charge in [0, 0.05) is 49.4 Å². The molecule has 154 valence electrons. The number of nitrogens with one attached hydrogen (secondary N) is 1. The van der Waals surface area contributed by atoms with Gasteiger partial charge in [0.2, 0.25) is 5.91 Å². The zero-order chi connectivity index (χ0) is 21.2. The summed E-state index contributed by atoms with van der Waals surface area (Å²) >= 11 is 0. The van der Waals surface area contributed by atoms with Crippen LogP contribution < -0.4 is 10.7 Å². The lowest BCUT2D eigenvalue weighted by atomic mass is 10.1. The SMILES string of the molecule is Cc1ccc2c(c1)c(=O)cc(C(F)(F)F)n2C[C@@H](C)NC(=O)CCn1cccn1. The lowest BCUT2D eigenvalue weighted by Crippen LogP contribution is -2.37. The average molecular weight is 406 g/mol. The zero-order valence-corrected chi connectivity index (χ0v) is 16.0. The summed E-state index contributed by atoms with van der Waals surface area (Å²) in [5.41, 5.74) is -0.742. The average Bonchev–Trinajstić information content (AvgIpc) is 3.15. The Balaban J connectivity index is 1.84. The second kappa shape index (κ2) is 8.10. The van der Waals surface area contributed by atoms with Crippen molar-refractivity contribution in [3.8, 4) is 0 Å². The Hall–Kier alpha value is -3.10. The topological polar surface area (TPSA) is 68.9 Å². The first-order chi connectivity index (χ1) is 13.6. The van der Waals surface area contributed by atoms with Crippen molar-refractivity contribution in [3.05, 3.63) is 64.2 Å². The largest absolute Gasteiger partial charge is 0.431 e. The number of hydrogen-bond acceptors (Lipinski definition) is 3. The van der Waals surface area contributed by atoms with Crippen LogP contribution in [0.25, 0.3) is 10.9 Å². The highest BCUT2D eigenvalue weighted by Gasteiger charge is 2.35. The quantitative estimate of drug-likeness (QED) is 0.684. The summed E-state index contributed by atoms with van der Waals surface area (Å²) in [7, 11) is 0. The molecule has 0 spiro atoms. The minimum Gasteiger partial charge on any atom is -0.352 e. The van der Waals surface area contributed by atoms with Gasteiger partial charge in [-0.2, -0.15) is 18.3 Å². The summed E-state index contributed by atoms with van der Waals surface area (Å²) in [5, 5.41) is 6.93. The first-order valence-corrected chi connectivity index (χ1v) is 9.13. The van der Waals surface area contributed by atoms with Crippen LogP contribution in [0, 0.1) is 6.92 Å². The summed E-state index contributed by atoms with van der Waals surface area (Å²) in [4.78, 5) is 24.4. The molecular formula is C20H21F3N4O2. The molecule has 0 unspecified atom stereocenters. The highest BCUT2D eigenvalue weighted by Crippen LogP contribution is 2.30. The molecule has 1 N–H and O–H groups in total. The lowest BCUT2D eigenvalue weighted by Gasteiger charge is -2.22. The molecule has 1 amide bonds. The van der Waals surface area contributed by atoms with Gasteiger partial charge in [-0.1, -0.05) is 11.6 Å². The van der Waals surface area contributed by atoms with Gasteiger partial charge in [-0.05, 0) is 32.0 Å². The molecule has 29 heavy (non-hydrogen) atoms. The van der Waals surface area contributed by atoms with Gasteiger partial charge in [-0.15, -0.1) is 0 Å². The number of nitrogens with zero attached hydrogens (tertiary/aromatic N) is 3. The first-order valence-electron chi connectivity index (χ1n) is 9.13. The van der Waals surface area contributed by atoms with Crippen molar-refractivity contribution >= 4 is 16.8 Å². The fourth-order valence-electron chi connectivity index (χ4n) is 3.24. The molecule has 6 nitrogen and oxygen atoms in total. The highest BCUT2D eigenvalue weighted by atomic mass is 19.4. The van der Waals surface area contributed by atoms with Gasteiger partial charge in [-0.3, -0.25) is 14.3 Å².